The zero-order valence-corrected chi connectivity index (χ0v) is 77.4. The molecule has 0 saturated heterocycles. The van der Waals surface area contributed by atoms with E-state index in [1.54, 1.807) is 11.6 Å². The third-order valence-electron chi connectivity index (χ3n) is 20.9. The number of carbonyl (C=O) groups excluding carboxylic acids is 1. The van der Waals surface area contributed by atoms with Crippen molar-refractivity contribution in [3.63, 3.8) is 0 Å². The number of nitro groups is 1. The van der Waals surface area contributed by atoms with E-state index >= 15 is 0 Å². The van der Waals surface area contributed by atoms with E-state index in [9.17, 15) is 19.3 Å². The molecule has 0 spiro atoms. The number of ether oxygens (including phenoxy) is 1. The van der Waals surface area contributed by atoms with Crippen molar-refractivity contribution in [1.29, 1.82) is 0 Å². The van der Waals surface area contributed by atoms with E-state index in [0.29, 0.717) is 11.8 Å². The summed E-state index contributed by atoms with van der Waals surface area (Å²) in [7, 11) is -1.00. The number of alkyl halides is 1. The van der Waals surface area contributed by atoms with E-state index in [4.69, 9.17) is 44.4 Å². The first-order chi connectivity index (χ1) is 58.1. The fourth-order valence-corrected chi connectivity index (χ4v) is 15.0. The van der Waals surface area contributed by atoms with Gasteiger partial charge in [0.15, 0.2) is 0 Å². The second kappa shape index (κ2) is 50.0. The van der Waals surface area contributed by atoms with Crippen LogP contribution in [0.4, 0.5) is 37.6 Å². The van der Waals surface area contributed by atoms with Crippen molar-refractivity contribution in [1.82, 2.24) is 0 Å². The normalized spacial score (nSPS) is 13.8. The van der Waals surface area contributed by atoms with Gasteiger partial charge in [0.2, 0.25) is 5.96 Å². The number of guanidine groups is 1. The minimum Gasteiger partial charge on any atom is -1.00 e. The number of nitrogens with two attached hydrogens (primary N) is 5. The number of amides is 1. The molecule has 0 atom stereocenters. The van der Waals surface area contributed by atoms with Gasteiger partial charge in [0.25, 0.3) is 10.8 Å². The molecule has 644 valence electrons. The molecule has 0 bridgehead atoms. The summed E-state index contributed by atoms with van der Waals surface area (Å²) in [6.45, 7) is 5.59. The van der Waals surface area contributed by atoms with Crippen molar-refractivity contribution in [2.24, 2.45) is 27.4 Å². The van der Waals surface area contributed by atoms with E-state index in [2.05, 4.69) is 237 Å². The van der Waals surface area contributed by atoms with Gasteiger partial charge in [-0.15, -0.1) is 52.4 Å². The SMILES string of the molecule is Brc1cccc2ccccc12.CC(C)(C)OC(=O)Nc1ccc(C2CC2)c2ccccc12.Cl.Cl.Cl.NN=C(N)N.Nc1ccc(C2CC2)c2ccccc12.Nc1ccc(C2CC2)c2ccccc12.O=[N+]([O-])O.O=[N+]([O-])c1ccc(C2CC2)c2ccccc12.S=C=Nc1ccc(C2CC2)c2ccccc12.[2H]CF.[Br-].[CH-]1CC1.[Mg+2].c1ccc2c(C3CC3)cccc2c1. The van der Waals surface area contributed by atoms with Gasteiger partial charge in [-0.05, 0) is 264 Å². The number of hydrogen-bond donors (Lipinski definition) is 7. The number of nitrogens with zero attached hydrogens (tertiary/aromatic N) is 4. The summed E-state index contributed by atoms with van der Waals surface area (Å²) in [6, 6.07) is 91.3. The number of anilines is 3. The number of non-ortho nitro benzene ring substituents is 1. The molecule has 14 aromatic carbocycles. The number of hydrazone groups is 1. The Morgan fingerprint density at radius 1 is 0.492 bits per heavy atom. The van der Waals surface area contributed by atoms with E-state index in [1.165, 1.54) is 177 Å². The summed E-state index contributed by atoms with van der Waals surface area (Å²) >= 11 is 8.17. The molecule has 7 fully saturated rings. The summed E-state index contributed by atoms with van der Waals surface area (Å²) in [5.74, 6) is 8.92. The summed E-state index contributed by atoms with van der Waals surface area (Å²) in [4.78, 5) is 35.1. The van der Waals surface area contributed by atoms with Crippen LogP contribution < -0.4 is 51.1 Å². The molecule has 1 amide bonds. The predicted octanol–water partition coefficient (Wildman–Crippen LogP) is 24.3. The number of nitro benzene ring substituents is 1. The van der Waals surface area contributed by atoms with Gasteiger partial charge in [-0.2, -0.15) is 4.99 Å². The van der Waals surface area contributed by atoms with Crippen LogP contribution in [0.1, 0.15) is 181 Å². The zero-order chi connectivity index (χ0) is 85.2. The van der Waals surface area contributed by atoms with Gasteiger partial charge in [-0.3, -0.25) is 19.8 Å². The molecule has 25 heteroatoms. The summed E-state index contributed by atoms with van der Waals surface area (Å²) in [5, 5.41) is 49.8. The van der Waals surface area contributed by atoms with Gasteiger partial charge in [-0.1, -0.05) is 240 Å². The average molecular weight is 1890 g/mol. The Hall–Kier alpha value is -10.2. The number of thiocarbonyl (C=S) groups is 1. The number of fused-ring (bicyclic) bond motifs is 7. The average Bonchev–Trinajstić information content (AvgIpc) is 1.75. The second-order valence-corrected chi connectivity index (χ2v) is 32.2. The van der Waals surface area contributed by atoms with Gasteiger partial charge >= 0.3 is 29.1 Å². The zero-order valence-electron chi connectivity index (χ0n) is 70.6. The molecule has 0 aromatic heterocycles. The third kappa shape index (κ3) is 30.3. The molecule has 12 N–H and O–H groups in total. The molecule has 0 unspecified atom stereocenters. The Kier molecular flexibility index (Phi) is 40.7. The molecule has 14 aromatic rings. The molecule has 124 heavy (non-hydrogen) atoms. The molecular weight excluding hydrogens is 1780 g/mol. The van der Waals surface area contributed by atoms with Crippen LogP contribution in [-0.4, -0.2) is 68.2 Å². The Morgan fingerprint density at radius 2 is 0.782 bits per heavy atom. The fourth-order valence-electron chi connectivity index (χ4n) is 14.4. The summed E-state index contributed by atoms with van der Waals surface area (Å²) in [6.07, 6.45) is 20.3. The largest absolute Gasteiger partial charge is 2.00 e. The first kappa shape index (κ1) is 101. The number of isothiocyanates is 1. The molecule has 7 aliphatic rings. The van der Waals surface area contributed by atoms with Gasteiger partial charge in [0.1, 0.15) is 5.60 Å². The quantitative estimate of drug-likeness (QED) is 0.00815. The van der Waals surface area contributed by atoms with Crippen LogP contribution in [0.3, 0.4) is 0 Å². The number of carbonyl (C=O) groups is 1. The number of nitrogen functional groups attached to an aromatic ring is 2. The van der Waals surface area contributed by atoms with Gasteiger partial charge in [0, 0.05) is 43.5 Å². The van der Waals surface area contributed by atoms with Gasteiger partial charge < -0.3 is 62.1 Å². The van der Waals surface area contributed by atoms with Crippen molar-refractivity contribution in [3.8, 4) is 0 Å². The standard InChI is InChI=1S/C18H21NO2.C14H11NS.C13H11NO2.2C13H13N.C13H12.C10H7Br.C3H5.CH3F.CH6N4.BrH.3ClH.Mg.HNO3/c1-18(2,3)21-17(20)19-16-11-10-13(12-8-9-12)14-6-4-5-7-15(14)16;16-9-15-14-8-7-11(10-5-6-10)12-3-1-2-4-13(12)14;15-14(16)13-8-7-10(9-5-6-9)11-3-1-2-4-12(11)13;2*14-13-8-7-10(9-5-6-9)11-3-1-2-4-12(11)13;1-2-6-12-10(4-1)5-3-7-13(12)11-8-9-11;11-10-7-3-5-8-4-1-2-6-9(8)10;1-2-3-1;1-2;2-1(3)5-4;;;;;;2-1(3)4/h4-7,10-12H,8-9H2,1-3H3,(H,19,20);1-4,7-8,10H,5-6H2;1-4,7-9H,5-6H2;2*1-4,7-9H,5-6,14H2;1-7,11H,8-9H2;1-7H;1H,2-3H2;1H3;4H2,(H4,2,3,5);4*1H;;(H,2,3,4)/q;;;;;;;-1;;;;;;;+2;/p-1/i;;;;;;;;1D;;;;;;;. The maximum absolute atomic E-state index is 12.0. The molecule has 0 heterocycles. The smallest absolute Gasteiger partial charge is 1.00 e. The molecule has 0 radical (unpaired) electrons. The summed E-state index contributed by atoms with van der Waals surface area (Å²) in [5.41, 5.74) is 33.1. The van der Waals surface area contributed by atoms with Crippen molar-refractivity contribution < 1.29 is 47.5 Å². The minimum absolute atomic E-state index is 0. The van der Waals surface area contributed by atoms with Crippen LogP contribution in [0.25, 0.3) is 75.4 Å². The number of benzene rings is 14. The van der Waals surface area contributed by atoms with Crippen molar-refractivity contribution in [2.75, 3.05) is 23.9 Å². The first-order valence-corrected chi connectivity index (χ1v) is 41.5. The predicted molar refractivity (Wildman–Crippen MR) is 524 cm³/mol. The molecule has 7 saturated carbocycles. The Balaban J connectivity index is 0.000000219. The van der Waals surface area contributed by atoms with Gasteiger partial charge in [0.05, 0.1) is 35.4 Å². The molecule has 17 nitrogen and oxygen atoms in total. The van der Waals surface area contributed by atoms with Crippen LogP contribution in [0.5, 0.6) is 0 Å². The van der Waals surface area contributed by atoms with E-state index in [-0.39, 0.29) is 93.8 Å². The van der Waals surface area contributed by atoms with Crippen molar-refractivity contribution in [2.45, 2.75) is 152 Å². The third-order valence-corrected chi connectivity index (χ3v) is 21.7. The minimum atomic E-state index is -1.50. The van der Waals surface area contributed by atoms with Crippen molar-refractivity contribution in [3.05, 3.63) is 331 Å². The molecule has 0 aliphatic heterocycles. The number of halogens is 6. The summed E-state index contributed by atoms with van der Waals surface area (Å²) < 4.78 is 22.0. The number of nitrogens with one attached hydrogen (secondary N) is 1. The van der Waals surface area contributed by atoms with Crippen LogP contribution in [0.15, 0.2) is 281 Å². The number of aliphatic imine (C=N–C) groups is 1. The van der Waals surface area contributed by atoms with E-state index < -0.39 is 23.9 Å². The van der Waals surface area contributed by atoms with E-state index in [1.807, 2.05) is 106 Å². The first-order valence-electron chi connectivity index (χ1n) is 41.0. The Bertz CT molecular complexity index is 5790. The maximum atomic E-state index is 12.0. The topological polar surface area (TPSA) is 300 Å². The molecular formula is C99H106Br2Cl3FMgN10O7S. The number of rotatable bonds is 9. The van der Waals surface area contributed by atoms with E-state index in [0.717, 1.165) is 67.1 Å². The second-order valence-electron chi connectivity index (χ2n) is 31.2. The Labute approximate surface area is 785 Å². The van der Waals surface area contributed by atoms with Gasteiger partial charge in [-0.25, -0.2) is 17.6 Å². The van der Waals surface area contributed by atoms with Crippen LogP contribution in [0.2, 0.25) is 0 Å². The van der Waals surface area contributed by atoms with Crippen LogP contribution in [0, 0.1) is 26.6 Å². The van der Waals surface area contributed by atoms with Crippen LogP contribution >= 0.6 is 65.4 Å². The molecule has 21 rings (SSSR count). The maximum Gasteiger partial charge on any atom is 2.00 e. The Morgan fingerprint density at radius 3 is 1.15 bits per heavy atom. The monoisotopic (exact) mass is 1890 g/mol. The molecule has 7 aliphatic carbocycles. The van der Waals surface area contributed by atoms with Crippen molar-refractivity contribution >= 4 is 209 Å². The van der Waals surface area contributed by atoms with Crippen LogP contribution in [-0.2, 0) is 4.74 Å². The fraction of sp³-hybridized carbons (Fsp3) is 0.253. The number of hydrogen-bond acceptors (Lipinski definition) is 12.